The molecule has 0 aromatic heterocycles. The van der Waals surface area contributed by atoms with Gasteiger partial charge in [-0.1, -0.05) is 71.4 Å². The summed E-state index contributed by atoms with van der Waals surface area (Å²) in [6, 6.07) is 0. The molecule has 0 radical (unpaired) electrons. The van der Waals surface area contributed by atoms with Crippen LogP contribution in [0.3, 0.4) is 0 Å². The first-order chi connectivity index (χ1) is 9.49. The zero-order chi connectivity index (χ0) is 14.8. The Hall–Kier alpha value is 0.630. The molecule has 0 amide bonds. The summed E-state index contributed by atoms with van der Waals surface area (Å²) < 4.78 is 0. The highest BCUT2D eigenvalue weighted by Gasteiger charge is 2.52. The van der Waals surface area contributed by atoms with Gasteiger partial charge in [-0.25, -0.2) is 0 Å². The van der Waals surface area contributed by atoms with E-state index in [2.05, 4.69) is 45.7 Å². The molecule has 116 valence electrons. The highest BCUT2D eigenvalue weighted by atomic mass is 79.9. The number of rotatable bonds is 4. The zero-order valence-corrected chi connectivity index (χ0v) is 16.1. The van der Waals surface area contributed by atoms with E-state index in [0.717, 1.165) is 23.5 Å². The van der Waals surface area contributed by atoms with Crippen molar-refractivity contribution in [2.75, 3.05) is 10.7 Å². The van der Waals surface area contributed by atoms with E-state index in [1.54, 1.807) is 0 Å². The van der Waals surface area contributed by atoms with E-state index in [9.17, 15) is 4.79 Å². The van der Waals surface area contributed by atoms with Gasteiger partial charge in [0.05, 0.1) is 0 Å². The SMILES string of the molecule is CC1(C(=O)C2(C)CCCCC2CBr)CCCCC1CBr. The lowest BCUT2D eigenvalue weighted by Gasteiger charge is -2.49. The van der Waals surface area contributed by atoms with Gasteiger partial charge in [0.1, 0.15) is 5.78 Å². The lowest BCUT2D eigenvalue weighted by Crippen LogP contribution is -2.51. The molecule has 0 aliphatic heterocycles. The number of carbonyl (C=O) groups is 1. The molecule has 20 heavy (non-hydrogen) atoms. The van der Waals surface area contributed by atoms with E-state index < -0.39 is 0 Å². The molecule has 2 fully saturated rings. The summed E-state index contributed by atoms with van der Waals surface area (Å²) in [6.45, 7) is 4.51. The number of hydrogen-bond acceptors (Lipinski definition) is 1. The Labute approximate surface area is 140 Å². The quantitative estimate of drug-likeness (QED) is 0.543. The first-order valence-corrected chi connectivity index (χ1v) is 10.4. The van der Waals surface area contributed by atoms with Crippen LogP contribution in [0.15, 0.2) is 0 Å². The first kappa shape index (κ1) is 17.0. The smallest absolute Gasteiger partial charge is 0.145 e. The lowest BCUT2D eigenvalue weighted by molar-refractivity contribution is -0.147. The van der Waals surface area contributed by atoms with E-state index in [1.165, 1.54) is 38.5 Å². The Bertz CT molecular complexity index is 325. The topological polar surface area (TPSA) is 17.1 Å². The van der Waals surface area contributed by atoms with E-state index in [1.807, 2.05) is 0 Å². The normalized spacial score (nSPS) is 42.4. The number of ketones is 1. The number of alkyl halides is 2. The van der Waals surface area contributed by atoms with Crippen LogP contribution in [0.5, 0.6) is 0 Å². The fraction of sp³-hybridized carbons (Fsp3) is 0.941. The van der Waals surface area contributed by atoms with Crippen molar-refractivity contribution in [2.45, 2.75) is 65.2 Å². The van der Waals surface area contributed by atoms with Crippen LogP contribution in [0.4, 0.5) is 0 Å². The standard InChI is InChI=1S/C17H28Br2O/c1-16(9-5-3-7-13(16)11-18)15(20)17(2)10-6-4-8-14(17)12-19/h13-14H,3-12H2,1-2H3. The molecule has 0 aromatic carbocycles. The maximum absolute atomic E-state index is 13.5. The second kappa shape index (κ2) is 6.81. The third-order valence-corrected chi connectivity index (χ3v) is 7.77. The molecule has 2 saturated carbocycles. The van der Waals surface area contributed by atoms with Crippen molar-refractivity contribution >= 4 is 37.6 Å². The van der Waals surface area contributed by atoms with Crippen LogP contribution in [0, 0.1) is 22.7 Å². The summed E-state index contributed by atoms with van der Waals surface area (Å²) >= 11 is 7.33. The minimum absolute atomic E-state index is 0.103. The van der Waals surface area contributed by atoms with Gasteiger partial charge in [-0.05, 0) is 37.5 Å². The lowest BCUT2D eigenvalue weighted by atomic mass is 9.55. The van der Waals surface area contributed by atoms with Gasteiger partial charge in [0.15, 0.2) is 0 Å². The van der Waals surface area contributed by atoms with Crippen LogP contribution in [-0.4, -0.2) is 16.4 Å². The van der Waals surface area contributed by atoms with Crippen molar-refractivity contribution in [3.05, 3.63) is 0 Å². The van der Waals surface area contributed by atoms with Crippen molar-refractivity contribution in [3.63, 3.8) is 0 Å². The molecule has 2 aliphatic rings. The van der Waals surface area contributed by atoms with Gasteiger partial charge in [-0.2, -0.15) is 0 Å². The van der Waals surface area contributed by atoms with Gasteiger partial charge < -0.3 is 0 Å². The molecule has 0 N–H and O–H groups in total. The van der Waals surface area contributed by atoms with Gasteiger partial charge in [0, 0.05) is 21.5 Å². The largest absolute Gasteiger partial charge is 0.298 e. The molecule has 2 rings (SSSR count). The molecule has 1 nitrogen and oxygen atoms in total. The summed E-state index contributed by atoms with van der Waals surface area (Å²) in [5.41, 5.74) is -0.206. The minimum Gasteiger partial charge on any atom is -0.298 e. The molecule has 4 atom stereocenters. The monoisotopic (exact) mass is 406 g/mol. The Kier molecular flexibility index (Phi) is 5.79. The van der Waals surface area contributed by atoms with Gasteiger partial charge in [0.2, 0.25) is 0 Å². The average molecular weight is 408 g/mol. The molecule has 2 aliphatic carbocycles. The predicted octanol–water partition coefficient (Wildman–Crippen LogP) is 5.74. The molecular weight excluding hydrogens is 380 g/mol. The van der Waals surface area contributed by atoms with Crippen molar-refractivity contribution in [1.82, 2.24) is 0 Å². The fourth-order valence-electron chi connectivity index (χ4n) is 4.56. The van der Waals surface area contributed by atoms with Crippen LogP contribution in [-0.2, 0) is 4.79 Å². The average Bonchev–Trinajstić information content (AvgIpc) is 2.47. The minimum atomic E-state index is -0.103. The zero-order valence-electron chi connectivity index (χ0n) is 12.9. The Morgan fingerprint density at radius 3 is 1.65 bits per heavy atom. The van der Waals surface area contributed by atoms with Crippen LogP contribution < -0.4 is 0 Å². The molecule has 0 heterocycles. The van der Waals surface area contributed by atoms with Crippen molar-refractivity contribution in [3.8, 4) is 0 Å². The predicted molar refractivity (Wildman–Crippen MR) is 92.7 cm³/mol. The molecule has 3 heteroatoms. The number of hydrogen-bond donors (Lipinski definition) is 0. The van der Waals surface area contributed by atoms with Gasteiger partial charge in [-0.3, -0.25) is 4.79 Å². The van der Waals surface area contributed by atoms with Crippen molar-refractivity contribution < 1.29 is 4.79 Å². The highest BCUT2D eigenvalue weighted by molar-refractivity contribution is 9.09. The molecule has 0 saturated heterocycles. The van der Waals surface area contributed by atoms with Gasteiger partial charge in [-0.15, -0.1) is 0 Å². The van der Waals surface area contributed by atoms with Crippen LogP contribution in [0.25, 0.3) is 0 Å². The Morgan fingerprint density at radius 1 is 0.900 bits per heavy atom. The third kappa shape index (κ3) is 2.91. The summed E-state index contributed by atoms with van der Waals surface area (Å²) in [5.74, 6) is 1.62. The van der Waals surface area contributed by atoms with Gasteiger partial charge in [0.25, 0.3) is 0 Å². The number of carbonyl (C=O) groups excluding carboxylic acids is 1. The second-order valence-corrected chi connectivity index (χ2v) is 8.65. The Balaban J connectivity index is 2.27. The summed E-state index contributed by atoms with van der Waals surface area (Å²) in [4.78, 5) is 13.5. The molecule has 0 aromatic rings. The molecule has 4 unspecified atom stereocenters. The molecular formula is C17H28Br2O. The fourth-order valence-corrected chi connectivity index (χ4v) is 6.63. The molecule has 0 spiro atoms. The van der Waals surface area contributed by atoms with E-state index in [-0.39, 0.29) is 10.8 Å². The summed E-state index contributed by atoms with van der Waals surface area (Å²) in [7, 11) is 0. The maximum atomic E-state index is 13.5. The second-order valence-electron chi connectivity index (χ2n) is 7.36. The van der Waals surface area contributed by atoms with E-state index in [4.69, 9.17) is 0 Å². The van der Waals surface area contributed by atoms with Crippen LogP contribution >= 0.6 is 31.9 Å². The summed E-state index contributed by atoms with van der Waals surface area (Å²) in [5, 5.41) is 1.95. The van der Waals surface area contributed by atoms with Crippen molar-refractivity contribution in [2.24, 2.45) is 22.7 Å². The highest BCUT2D eigenvalue weighted by Crippen LogP contribution is 2.52. The number of halogens is 2. The van der Waals surface area contributed by atoms with E-state index in [0.29, 0.717) is 17.6 Å². The van der Waals surface area contributed by atoms with Crippen molar-refractivity contribution in [1.29, 1.82) is 0 Å². The third-order valence-electron chi connectivity index (χ3n) is 6.21. The van der Waals surface area contributed by atoms with Gasteiger partial charge >= 0.3 is 0 Å². The summed E-state index contributed by atoms with van der Waals surface area (Å²) in [6.07, 6.45) is 9.63. The first-order valence-electron chi connectivity index (χ1n) is 8.16. The van der Waals surface area contributed by atoms with Crippen LogP contribution in [0.2, 0.25) is 0 Å². The molecule has 0 bridgehead atoms. The van der Waals surface area contributed by atoms with E-state index >= 15 is 0 Å². The number of Topliss-reactive ketones (excluding diaryl/α,β-unsaturated/α-hetero) is 1. The maximum Gasteiger partial charge on any atom is 0.145 e. The van der Waals surface area contributed by atoms with Crippen LogP contribution in [0.1, 0.15) is 65.2 Å². The Morgan fingerprint density at radius 2 is 1.30 bits per heavy atom.